The fourth-order valence-corrected chi connectivity index (χ4v) is 4.77. The minimum Gasteiger partial charge on any atom is -0.395 e. The van der Waals surface area contributed by atoms with E-state index in [-0.39, 0.29) is 12.5 Å². The van der Waals surface area contributed by atoms with Gasteiger partial charge in [-0.1, -0.05) is 48.9 Å². The van der Waals surface area contributed by atoms with Gasteiger partial charge in [-0.2, -0.15) is 9.97 Å². The molecule has 0 unspecified atom stereocenters. The number of benzene rings is 2. The Hall–Kier alpha value is -3.69. The fraction of sp³-hybridized carbons (Fsp3) is 0.333. The number of imidazole rings is 1. The Morgan fingerprint density at radius 2 is 1.76 bits per heavy atom. The molecular formula is C27H30ClN7O2. The predicted octanol–water partition coefficient (Wildman–Crippen LogP) is 3.66. The molecule has 3 heterocycles. The lowest BCUT2D eigenvalue weighted by Gasteiger charge is -2.38. The molecule has 192 valence electrons. The molecule has 5 rings (SSSR count). The van der Waals surface area contributed by atoms with Crippen molar-refractivity contribution < 1.29 is 9.90 Å². The Kier molecular flexibility index (Phi) is 6.74. The van der Waals surface area contributed by atoms with Gasteiger partial charge in [0.05, 0.1) is 6.61 Å². The number of amides is 1. The van der Waals surface area contributed by atoms with Gasteiger partial charge in [-0.05, 0) is 37.1 Å². The van der Waals surface area contributed by atoms with Crippen molar-refractivity contribution >= 4 is 40.4 Å². The van der Waals surface area contributed by atoms with Crippen LogP contribution in [0.5, 0.6) is 0 Å². The number of nitrogens with two attached hydrogens (primary N) is 1. The van der Waals surface area contributed by atoms with Crippen molar-refractivity contribution in [1.29, 1.82) is 0 Å². The van der Waals surface area contributed by atoms with Crippen molar-refractivity contribution in [2.75, 3.05) is 43.1 Å². The zero-order valence-corrected chi connectivity index (χ0v) is 21.7. The van der Waals surface area contributed by atoms with Gasteiger partial charge >= 0.3 is 0 Å². The number of hydrogen-bond donors (Lipinski definition) is 2. The second kappa shape index (κ2) is 9.99. The van der Waals surface area contributed by atoms with Gasteiger partial charge in [0.25, 0.3) is 0 Å². The zero-order valence-electron chi connectivity index (χ0n) is 20.9. The maximum absolute atomic E-state index is 12.1. The summed E-state index contributed by atoms with van der Waals surface area (Å²) in [6.45, 7) is 3.50. The third-order valence-electron chi connectivity index (χ3n) is 7.13. The van der Waals surface area contributed by atoms with Crippen LogP contribution in [0.1, 0.15) is 19.8 Å². The van der Waals surface area contributed by atoms with Crippen LogP contribution in [0.2, 0.25) is 5.02 Å². The van der Waals surface area contributed by atoms with Crippen LogP contribution in [-0.4, -0.2) is 63.8 Å². The number of aliphatic hydroxyl groups is 1. The highest BCUT2D eigenvalue weighted by atomic mass is 35.5. The number of aliphatic hydroxyl groups excluding tert-OH is 1. The summed E-state index contributed by atoms with van der Waals surface area (Å²) in [5.74, 6) is 1.63. The van der Waals surface area contributed by atoms with Gasteiger partial charge in [-0.3, -0.25) is 9.36 Å². The summed E-state index contributed by atoms with van der Waals surface area (Å²) >= 11 is 6.20. The average Bonchev–Trinajstić information content (AvgIpc) is 3.29. The van der Waals surface area contributed by atoms with E-state index in [0.717, 1.165) is 17.1 Å². The molecule has 2 aromatic carbocycles. The number of anilines is 2. The van der Waals surface area contributed by atoms with E-state index in [1.54, 1.807) is 0 Å². The molecule has 0 atom stereocenters. The Bertz CT molecular complexity index is 1410. The van der Waals surface area contributed by atoms with E-state index in [1.807, 2.05) is 78.0 Å². The van der Waals surface area contributed by atoms with Crippen molar-refractivity contribution in [2.24, 2.45) is 11.1 Å². The molecule has 1 fully saturated rings. The first-order valence-corrected chi connectivity index (χ1v) is 12.7. The molecule has 37 heavy (non-hydrogen) atoms. The van der Waals surface area contributed by atoms with Crippen LogP contribution in [0.25, 0.3) is 28.2 Å². The van der Waals surface area contributed by atoms with Gasteiger partial charge in [0.15, 0.2) is 17.0 Å². The summed E-state index contributed by atoms with van der Waals surface area (Å²) in [6, 6.07) is 17.5. The number of nitrogens with zero attached hydrogens (tertiary/aromatic N) is 6. The number of aromatic nitrogens is 4. The number of primary amides is 1. The molecule has 2 aromatic heterocycles. The largest absolute Gasteiger partial charge is 0.395 e. The minimum atomic E-state index is -0.545. The molecule has 1 saturated heterocycles. The molecule has 1 aliphatic heterocycles. The summed E-state index contributed by atoms with van der Waals surface area (Å²) in [5, 5.41) is 10.2. The minimum absolute atomic E-state index is 0.0282. The molecule has 0 saturated carbocycles. The van der Waals surface area contributed by atoms with Crippen LogP contribution in [0.4, 0.5) is 11.8 Å². The highest BCUT2D eigenvalue weighted by Crippen LogP contribution is 2.37. The quantitative estimate of drug-likeness (QED) is 0.383. The Labute approximate surface area is 220 Å². The molecular weight excluding hydrogens is 490 g/mol. The van der Waals surface area contributed by atoms with E-state index in [0.29, 0.717) is 60.4 Å². The Morgan fingerprint density at radius 3 is 2.38 bits per heavy atom. The van der Waals surface area contributed by atoms with Crippen molar-refractivity contribution in [2.45, 2.75) is 19.8 Å². The molecule has 0 bridgehead atoms. The van der Waals surface area contributed by atoms with Gasteiger partial charge in [0.1, 0.15) is 5.82 Å². The van der Waals surface area contributed by atoms with Crippen LogP contribution >= 0.6 is 11.6 Å². The predicted molar refractivity (Wildman–Crippen MR) is 146 cm³/mol. The highest BCUT2D eigenvalue weighted by Gasteiger charge is 2.36. The topological polar surface area (TPSA) is 113 Å². The first-order valence-electron chi connectivity index (χ1n) is 12.3. The van der Waals surface area contributed by atoms with E-state index >= 15 is 0 Å². The van der Waals surface area contributed by atoms with E-state index in [2.05, 4.69) is 4.90 Å². The smallest absolute Gasteiger partial charge is 0.229 e. The molecule has 0 spiro atoms. The van der Waals surface area contributed by atoms with E-state index < -0.39 is 5.41 Å². The van der Waals surface area contributed by atoms with Crippen LogP contribution in [0.3, 0.4) is 0 Å². The molecule has 4 aromatic rings. The van der Waals surface area contributed by atoms with Crippen molar-refractivity contribution in [3.05, 3.63) is 59.6 Å². The van der Waals surface area contributed by atoms with Crippen LogP contribution in [-0.2, 0) is 4.79 Å². The highest BCUT2D eigenvalue weighted by molar-refractivity contribution is 6.30. The first kappa shape index (κ1) is 25.0. The molecule has 0 aliphatic carbocycles. The average molecular weight is 520 g/mol. The number of rotatable bonds is 7. The second-order valence-electron chi connectivity index (χ2n) is 9.69. The Balaban J connectivity index is 1.74. The van der Waals surface area contributed by atoms with Crippen molar-refractivity contribution in [1.82, 2.24) is 19.5 Å². The zero-order chi connectivity index (χ0) is 26.2. The van der Waals surface area contributed by atoms with Crippen LogP contribution < -0.4 is 15.5 Å². The van der Waals surface area contributed by atoms with E-state index in [9.17, 15) is 9.90 Å². The third kappa shape index (κ3) is 4.72. The van der Waals surface area contributed by atoms with Crippen LogP contribution in [0.15, 0.2) is 54.6 Å². The van der Waals surface area contributed by atoms with E-state index in [1.165, 1.54) is 0 Å². The number of hydrogen-bond acceptors (Lipinski definition) is 7. The maximum Gasteiger partial charge on any atom is 0.229 e. The molecule has 1 aliphatic rings. The summed E-state index contributed by atoms with van der Waals surface area (Å²) < 4.78 is 2.01. The molecule has 10 heteroatoms. The van der Waals surface area contributed by atoms with Gasteiger partial charge in [-0.25, -0.2) is 4.98 Å². The lowest BCUT2D eigenvalue weighted by molar-refractivity contribution is -0.127. The lowest BCUT2D eigenvalue weighted by atomic mass is 9.80. The number of carbonyl (C=O) groups is 1. The second-order valence-corrected chi connectivity index (χ2v) is 10.1. The fourth-order valence-electron chi connectivity index (χ4n) is 4.65. The summed E-state index contributed by atoms with van der Waals surface area (Å²) in [7, 11) is 1.85. The standard InChI is InChI=1S/C27H30ClN7O2/c1-27(25(29)37)12-14-34(15-13-27)23-21-24(32-26(31-23)33(2)16-17-36)35(20-10-8-19(28)9-11-20)22(30-21)18-6-4-3-5-7-18/h3-11,36H,12-17H2,1-2H3,(H2,29,37). The number of carbonyl (C=O) groups excluding carboxylic acids is 1. The number of likely N-dealkylation sites (N-methyl/N-ethyl adjacent to an activating group) is 1. The van der Waals surface area contributed by atoms with Crippen molar-refractivity contribution in [3.63, 3.8) is 0 Å². The third-order valence-corrected chi connectivity index (χ3v) is 7.38. The monoisotopic (exact) mass is 519 g/mol. The molecule has 9 nitrogen and oxygen atoms in total. The summed E-state index contributed by atoms with van der Waals surface area (Å²) in [5.41, 5.74) is 8.27. The van der Waals surface area contributed by atoms with Gasteiger partial charge in [-0.15, -0.1) is 0 Å². The summed E-state index contributed by atoms with van der Waals surface area (Å²) in [6.07, 6.45) is 1.25. The van der Waals surface area contributed by atoms with E-state index in [4.69, 9.17) is 32.3 Å². The number of piperidine rings is 1. The van der Waals surface area contributed by atoms with Crippen molar-refractivity contribution in [3.8, 4) is 17.1 Å². The number of halogens is 1. The van der Waals surface area contributed by atoms with Gasteiger partial charge in [0, 0.05) is 48.4 Å². The van der Waals surface area contributed by atoms with Crippen LogP contribution in [0, 0.1) is 5.41 Å². The Morgan fingerprint density at radius 1 is 1.08 bits per heavy atom. The lowest BCUT2D eigenvalue weighted by Crippen LogP contribution is -2.45. The molecule has 0 radical (unpaired) electrons. The summed E-state index contributed by atoms with van der Waals surface area (Å²) in [4.78, 5) is 30.9. The first-order chi connectivity index (χ1) is 17.8. The van der Waals surface area contributed by atoms with Gasteiger partial charge < -0.3 is 20.6 Å². The van der Waals surface area contributed by atoms with Gasteiger partial charge in [0.2, 0.25) is 11.9 Å². The maximum atomic E-state index is 12.1. The number of fused-ring (bicyclic) bond motifs is 1. The molecule has 1 amide bonds. The SMILES string of the molecule is CN(CCO)c1nc(N2CCC(C)(C(N)=O)CC2)c2nc(-c3ccccc3)n(-c3ccc(Cl)cc3)c2n1. The molecule has 3 N–H and O–H groups in total. The normalized spacial score (nSPS) is 15.2.